The van der Waals surface area contributed by atoms with Gasteiger partial charge in [-0.3, -0.25) is 14.7 Å². The first-order valence-electron chi connectivity index (χ1n) is 15.1. The van der Waals surface area contributed by atoms with E-state index in [1.54, 1.807) is 51.9 Å². The fraction of sp³-hybridized carbons (Fsp3) is 0.171. The van der Waals surface area contributed by atoms with E-state index in [-0.39, 0.29) is 28.9 Å². The number of carbonyl (C=O) groups is 2. The molecule has 12 heteroatoms. The number of aromatic nitrogens is 2. The molecule has 6 aromatic rings. The maximum absolute atomic E-state index is 14.0. The van der Waals surface area contributed by atoms with Crippen LogP contribution in [0.1, 0.15) is 29.2 Å². The lowest BCUT2D eigenvalue weighted by Crippen LogP contribution is -2.40. The van der Waals surface area contributed by atoms with Crippen molar-refractivity contribution in [2.75, 3.05) is 25.1 Å². The number of rotatable bonds is 6. The van der Waals surface area contributed by atoms with Crippen LogP contribution in [0.25, 0.3) is 32.6 Å². The van der Waals surface area contributed by atoms with Crippen LogP contribution in [0.15, 0.2) is 102 Å². The molecule has 1 atom stereocenters. The van der Waals surface area contributed by atoms with Gasteiger partial charge in [0.1, 0.15) is 5.75 Å². The van der Waals surface area contributed by atoms with Crippen molar-refractivity contribution >= 4 is 69.5 Å². The van der Waals surface area contributed by atoms with Crippen molar-refractivity contribution in [3.63, 3.8) is 0 Å². The van der Waals surface area contributed by atoms with Gasteiger partial charge >= 0.3 is 19.4 Å². The zero-order valence-corrected chi connectivity index (χ0v) is 27.0. The molecule has 2 heterocycles. The van der Waals surface area contributed by atoms with Gasteiger partial charge in [-0.1, -0.05) is 72.3 Å². The van der Waals surface area contributed by atoms with E-state index < -0.39 is 13.7 Å². The number of nitrogens with zero attached hydrogens (tertiary/aromatic N) is 2. The van der Waals surface area contributed by atoms with E-state index in [9.17, 15) is 18.9 Å². The van der Waals surface area contributed by atoms with E-state index in [4.69, 9.17) is 20.6 Å². The number of amides is 2. The number of fused-ring (bicyclic) bond motifs is 3. The molecular formula is C35H30ClN4O6P. The number of carbonyl (C=O) groups excluding carboxylic acids is 2. The van der Waals surface area contributed by atoms with E-state index in [0.717, 1.165) is 27.1 Å². The van der Waals surface area contributed by atoms with Crippen LogP contribution < -0.4 is 15.5 Å². The molecule has 2 amide bonds. The summed E-state index contributed by atoms with van der Waals surface area (Å²) in [7, 11) is -3.93. The zero-order chi connectivity index (χ0) is 32.7. The summed E-state index contributed by atoms with van der Waals surface area (Å²) in [5, 5.41) is 6.40. The predicted molar refractivity (Wildman–Crippen MR) is 184 cm³/mol. The van der Waals surface area contributed by atoms with Gasteiger partial charge in [-0.05, 0) is 65.4 Å². The number of anilines is 1. The molecule has 0 radical (unpaired) electrons. The Balaban J connectivity index is 1.10. The molecule has 1 fully saturated rings. The van der Waals surface area contributed by atoms with Gasteiger partial charge < -0.3 is 18.9 Å². The van der Waals surface area contributed by atoms with Gasteiger partial charge in [0.25, 0.3) is 5.91 Å². The highest BCUT2D eigenvalue weighted by molar-refractivity contribution is 7.54. The molecule has 1 aliphatic heterocycles. The Bertz CT molecular complexity index is 2290. The fourth-order valence-electron chi connectivity index (χ4n) is 6.23. The molecule has 1 aliphatic rings. The number of piperidine rings is 1. The average Bonchev–Trinajstić information content (AvgIpc) is 3.38. The number of benzene rings is 5. The summed E-state index contributed by atoms with van der Waals surface area (Å²) in [6, 6.07) is 28.8. The molecule has 0 saturated carbocycles. The second kappa shape index (κ2) is 12.3. The quantitative estimate of drug-likeness (QED) is 0.173. The van der Waals surface area contributed by atoms with Crippen LogP contribution in [0.2, 0.25) is 5.02 Å². The van der Waals surface area contributed by atoms with Crippen LogP contribution >= 0.6 is 19.2 Å². The lowest BCUT2D eigenvalue weighted by Gasteiger charge is -2.33. The Morgan fingerprint density at radius 2 is 1.57 bits per heavy atom. The molecule has 47 heavy (non-hydrogen) atoms. The minimum absolute atomic E-state index is 0.122. The molecule has 0 aliphatic carbocycles. The summed E-state index contributed by atoms with van der Waals surface area (Å²) in [6.07, 6.45) is 0.0821. The number of halogens is 1. The first-order chi connectivity index (χ1) is 22.6. The molecular weight excluding hydrogens is 639 g/mol. The van der Waals surface area contributed by atoms with E-state index >= 15 is 0 Å². The number of H-pyrrole nitrogens is 1. The van der Waals surface area contributed by atoms with Crippen LogP contribution in [-0.2, 0) is 9.09 Å². The second-order valence-electron chi connectivity index (χ2n) is 11.6. The normalized spacial score (nSPS) is 15.1. The van der Waals surface area contributed by atoms with Crippen LogP contribution in [0.4, 0.5) is 10.5 Å². The Morgan fingerprint density at radius 3 is 2.34 bits per heavy atom. The Hall–Kier alpha value is -5.05. The van der Waals surface area contributed by atoms with Crippen molar-refractivity contribution in [2.24, 2.45) is 0 Å². The zero-order valence-electron chi connectivity index (χ0n) is 25.3. The van der Waals surface area contributed by atoms with Gasteiger partial charge in [-0.15, -0.1) is 0 Å². The lowest BCUT2D eigenvalue weighted by molar-refractivity contribution is 0.0696. The maximum atomic E-state index is 14.0. The highest BCUT2D eigenvalue weighted by atomic mass is 35.5. The van der Waals surface area contributed by atoms with Gasteiger partial charge in [0.05, 0.1) is 28.9 Å². The van der Waals surface area contributed by atoms with Crippen molar-refractivity contribution in [3.8, 4) is 5.75 Å². The minimum Gasteiger partial charge on any atom is -0.415 e. The largest absolute Gasteiger partial charge is 0.431 e. The predicted octanol–water partition coefficient (Wildman–Crippen LogP) is 8.22. The Labute approximate surface area is 274 Å². The molecule has 1 saturated heterocycles. The molecule has 1 unspecified atom stereocenters. The highest BCUT2D eigenvalue weighted by Crippen LogP contribution is 2.46. The van der Waals surface area contributed by atoms with E-state index in [0.29, 0.717) is 42.2 Å². The molecule has 238 valence electrons. The van der Waals surface area contributed by atoms with Crippen molar-refractivity contribution in [1.29, 1.82) is 0 Å². The Kier molecular flexibility index (Phi) is 7.99. The number of nitrogens with one attached hydrogen (secondary N) is 2. The van der Waals surface area contributed by atoms with E-state index in [2.05, 4.69) is 10.3 Å². The minimum atomic E-state index is -3.93. The molecule has 10 nitrogen and oxygen atoms in total. The first-order valence-corrected chi connectivity index (χ1v) is 17.5. The molecule has 0 bridgehead atoms. The van der Waals surface area contributed by atoms with Crippen molar-refractivity contribution in [1.82, 2.24) is 14.5 Å². The van der Waals surface area contributed by atoms with Gasteiger partial charge in [0.2, 0.25) is 0 Å². The lowest BCUT2D eigenvalue weighted by atomic mass is 10.0. The summed E-state index contributed by atoms with van der Waals surface area (Å²) < 4.78 is 26.1. The molecule has 5 aromatic carbocycles. The van der Waals surface area contributed by atoms with Gasteiger partial charge in [-0.25, -0.2) is 14.2 Å². The third kappa shape index (κ3) is 6.22. The third-order valence-electron chi connectivity index (χ3n) is 8.41. The number of aromatic amines is 1. The van der Waals surface area contributed by atoms with Crippen molar-refractivity contribution < 1.29 is 23.2 Å². The smallest absolute Gasteiger partial charge is 0.415 e. The second-order valence-corrected chi connectivity index (χ2v) is 13.9. The summed E-state index contributed by atoms with van der Waals surface area (Å²) in [4.78, 5) is 44.5. The summed E-state index contributed by atoms with van der Waals surface area (Å²) in [6.45, 7) is 2.00. The van der Waals surface area contributed by atoms with Crippen LogP contribution in [0.3, 0.4) is 0 Å². The summed E-state index contributed by atoms with van der Waals surface area (Å²) in [5.41, 5.74) is 1.69. The van der Waals surface area contributed by atoms with Crippen LogP contribution in [0, 0.1) is 0 Å². The third-order valence-corrected chi connectivity index (χ3v) is 9.67. The van der Waals surface area contributed by atoms with Crippen molar-refractivity contribution in [3.05, 3.63) is 118 Å². The van der Waals surface area contributed by atoms with E-state index in [1.807, 2.05) is 54.6 Å². The maximum Gasteiger partial charge on any atom is 0.431 e. The number of hydrogen-bond acceptors (Lipinski definition) is 6. The molecule has 2 N–H and O–H groups in total. The number of likely N-dealkylation sites (tertiary alicyclic amines) is 1. The van der Waals surface area contributed by atoms with Gasteiger partial charge in [0, 0.05) is 29.5 Å². The molecule has 0 spiro atoms. The monoisotopic (exact) mass is 668 g/mol. The van der Waals surface area contributed by atoms with Crippen LogP contribution in [0.5, 0.6) is 5.75 Å². The summed E-state index contributed by atoms with van der Waals surface area (Å²) in [5.74, 6) is 0.0372. The highest BCUT2D eigenvalue weighted by Gasteiger charge is 2.30. The number of hydrogen-bond donors (Lipinski definition) is 2. The SMILES string of the molecule is CP(=O)(OC(=O)Nc1cc2ccccc2cc1C(=O)N1CCC(n2c(=O)[nH]c3ccc(Cl)cc32)CC1)Oc1cccc2ccccc12. The van der Waals surface area contributed by atoms with Crippen LogP contribution in [-0.4, -0.2) is 46.2 Å². The van der Waals surface area contributed by atoms with Crippen molar-refractivity contribution in [2.45, 2.75) is 18.9 Å². The fourth-order valence-corrected chi connectivity index (χ4v) is 7.30. The average molecular weight is 669 g/mol. The number of imidazole rings is 1. The van der Waals surface area contributed by atoms with Gasteiger partial charge in [0.15, 0.2) is 0 Å². The first kappa shape index (κ1) is 30.6. The standard InChI is InChI=1S/C35H30ClN4O6P/c1-47(44,45-32-12-6-10-22-7-4-5-11-27(22)32)46-35(43)38-30-20-24-9-3-2-8-23(24)19-28(30)33(41)39-17-15-26(16-18-39)40-31-21-25(36)13-14-29(31)37-34(40)42/h2-14,19-21,26H,15-18H2,1H3,(H,37,42)(H,38,43). The topological polar surface area (TPSA) is 123 Å². The summed E-state index contributed by atoms with van der Waals surface area (Å²) >= 11 is 6.21. The van der Waals surface area contributed by atoms with E-state index in [1.165, 1.54) is 6.66 Å². The Morgan fingerprint density at radius 1 is 0.894 bits per heavy atom. The molecule has 1 aromatic heterocycles. The van der Waals surface area contributed by atoms with Gasteiger partial charge in [-0.2, -0.15) is 0 Å². The molecule has 7 rings (SSSR count).